The minimum absolute atomic E-state index is 0.0528. The van der Waals surface area contributed by atoms with Gasteiger partial charge in [-0.05, 0) is 24.3 Å². The molecular formula is C17H20N2O2. The lowest BCUT2D eigenvalue weighted by Crippen LogP contribution is -2.43. The maximum absolute atomic E-state index is 12.5. The third-order valence-electron chi connectivity index (χ3n) is 4.35. The van der Waals surface area contributed by atoms with Gasteiger partial charge < -0.3 is 10.4 Å². The number of hydrogen-bond donors (Lipinski definition) is 2. The van der Waals surface area contributed by atoms with Gasteiger partial charge in [0.15, 0.2) is 0 Å². The number of aliphatic hydroxyl groups excluding tert-OH is 1. The number of amides is 1. The summed E-state index contributed by atoms with van der Waals surface area (Å²) < 4.78 is 0. The van der Waals surface area contributed by atoms with Gasteiger partial charge in [-0.3, -0.25) is 9.78 Å². The van der Waals surface area contributed by atoms with E-state index in [2.05, 4.69) is 10.3 Å². The van der Waals surface area contributed by atoms with Gasteiger partial charge >= 0.3 is 0 Å². The molecule has 4 heteroatoms. The van der Waals surface area contributed by atoms with Crippen LogP contribution in [0.5, 0.6) is 0 Å². The summed E-state index contributed by atoms with van der Waals surface area (Å²) in [6, 6.07) is 9.72. The molecule has 1 aliphatic rings. The van der Waals surface area contributed by atoms with Crippen LogP contribution < -0.4 is 5.32 Å². The number of nitrogens with one attached hydrogen (secondary N) is 1. The predicted molar refractivity (Wildman–Crippen MR) is 82.0 cm³/mol. The van der Waals surface area contributed by atoms with Crippen molar-refractivity contribution < 1.29 is 9.90 Å². The first kappa shape index (κ1) is 14.0. The first-order valence-corrected chi connectivity index (χ1v) is 7.55. The zero-order valence-corrected chi connectivity index (χ0v) is 12.0. The van der Waals surface area contributed by atoms with Crippen molar-refractivity contribution in [2.24, 2.45) is 5.92 Å². The van der Waals surface area contributed by atoms with E-state index < -0.39 is 0 Å². The Morgan fingerprint density at radius 2 is 2.05 bits per heavy atom. The van der Waals surface area contributed by atoms with E-state index in [1.165, 1.54) is 0 Å². The molecule has 2 N–H and O–H groups in total. The van der Waals surface area contributed by atoms with Crippen LogP contribution in [0.25, 0.3) is 10.8 Å². The Hall–Kier alpha value is -1.94. The summed E-state index contributed by atoms with van der Waals surface area (Å²) >= 11 is 0. The van der Waals surface area contributed by atoms with Gasteiger partial charge in [0.05, 0.1) is 0 Å². The van der Waals surface area contributed by atoms with Gasteiger partial charge in [0.1, 0.15) is 5.69 Å². The van der Waals surface area contributed by atoms with Crippen molar-refractivity contribution in [1.82, 2.24) is 10.3 Å². The SMILES string of the molecule is O=C(NC1CCCCC1CO)c1nccc2ccccc12. The Morgan fingerprint density at radius 1 is 1.24 bits per heavy atom. The van der Waals surface area contributed by atoms with E-state index in [1.54, 1.807) is 6.20 Å². The monoisotopic (exact) mass is 284 g/mol. The number of carbonyl (C=O) groups excluding carboxylic acids is 1. The molecule has 1 heterocycles. The number of aliphatic hydroxyl groups is 1. The van der Waals surface area contributed by atoms with Gasteiger partial charge in [-0.15, -0.1) is 0 Å². The largest absolute Gasteiger partial charge is 0.396 e. The van der Waals surface area contributed by atoms with Crippen LogP contribution in [-0.4, -0.2) is 28.6 Å². The van der Waals surface area contributed by atoms with E-state index in [1.807, 2.05) is 30.3 Å². The number of nitrogens with zero attached hydrogens (tertiary/aromatic N) is 1. The molecule has 21 heavy (non-hydrogen) atoms. The Morgan fingerprint density at radius 3 is 2.90 bits per heavy atom. The van der Waals surface area contributed by atoms with Crippen molar-refractivity contribution in [2.75, 3.05) is 6.61 Å². The lowest BCUT2D eigenvalue weighted by atomic mass is 9.85. The summed E-state index contributed by atoms with van der Waals surface area (Å²) in [7, 11) is 0. The van der Waals surface area contributed by atoms with E-state index in [-0.39, 0.29) is 24.5 Å². The predicted octanol–water partition coefficient (Wildman–Crippen LogP) is 2.52. The first-order chi connectivity index (χ1) is 10.3. The number of fused-ring (bicyclic) bond motifs is 1. The van der Waals surface area contributed by atoms with Crippen LogP contribution in [0.3, 0.4) is 0 Å². The first-order valence-electron chi connectivity index (χ1n) is 7.55. The number of carbonyl (C=O) groups is 1. The average Bonchev–Trinajstić information content (AvgIpc) is 2.54. The van der Waals surface area contributed by atoms with Crippen LogP contribution in [0, 0.1) is 5.92 Å². The lowest BCUT2D eigenvalue weighted by Gasteiger charge is -2.30. The quantitative estimate of drug-likeness (QED) is 0.910. The second kappa shape index (κ2) is 6.22. The molecule has 0 bridgehead atoms. The van der Waals surface area contributed by atoms with Crippen molar-refractivity contribution in [1.29, 1.82) is 0 Å². The molecule has 2 unspecified atom stereocenters. The van der Waals surface area contributed by atoms with Crippen LogP contribution in [0.4, 0.5) is 0 Å². The maximum atomic E-state index is 12.5. The van der Waals surface area contributed by atoms with Gasteiger partial charge in [0, 0.05) is 30.1 Å². The smallest absolute Gasteiger partial charge is 0.270 e. The lowest BCUT2D eigenvalue weighted by molar-refractivity contribution is 0.0869. The van der Waals surface area contributed by atoms with E-state index in [0.29, 0.717) is 5.69 Å². The molecule has 1 aromatic heterocycles. The van der Waals surface area contributed by atoms with Gasteiger partial charge in [0.25, 0.3) is 5.91 Å². The van der Waals surface area contributed by atoms with E-state index >= 15 is 0 Å². The molecule has 1 fully saturated rings. The zero-order chi connectivity index (χ0) is 14.7. The number of rotatable bonds is 3. The Balaban J connectivity index is 1.84. The molecule has 0 radical (unpaired) electrons. The van der Waals surface area contributed by atoms with Crippen LogP contribution in [0.15, 0.2) is 36.5 Å². The molecule has 1 aliphatic carbocycles. The summed E-state index contributed by atoms with van der Waals surface area (Å²) in [6.07, 6.45) is 5.81. The standard InChI is InChI=1S/C17H20N2O2/c20-11-13-6-2-4-8-15(13)19-17(21)16-14-7-3-1-5-12(14)9-10-18-16/h1,3,5,7,9-10,13,15,20H,2,4,6,8,11H2,(H,19,21). The highest BCUT2D eigenvalue weighted by Gasteiger charge is 2.26. The van der Waals surface area contributed by atoms with Crippen LogP contribution in [0.2, 0.25) is 0 Å². The Bertz CT molecular complexity index is 636. The minimum atomic E-state index is -0.142. The van der Waals surface area contributed by atoms with Crippen molar-refractivity contribution in [2.45, 2.75) is 31.7 Å². The van der Waals surface area contributed by atoms with Crippen LogP contribution in [0.1, 0.15) is 36.2 Å². The van der Waals surface area contributed by atoms with E-state index in [9.17, 15) is 9.90 Å². The Kier molecular flexibility index (Phi) is 4.15. The highest BCUT2D eigenvalue weighted by molar-refractivity contribution is 6.05. The van der Waals surface area contributed by atoms with Crippen molar-refractivity contribution in [3.63, 3.8) is 0 Å². The summed E-state index contributed by atoms with van der Waals surface area (Å²) in [5, 5.41) is 14.4. The molecule has 110 valence electrons. The molecule has 3 rings (SSSR count). The van der Waals surface area contributed by atoms with Crippen molar-refractivity contribution in [3.05, 3.63) is 42.2 Å². The van der Waals surface area contributed by atoms with Gasteiger partial charge in [0.2, 0.25) is 0 Å². The topological polar surface area (TPSA) is 62.2 Å². The van der Waals surface area contributed by atoms with Gasteiger partial charge in [-0.2, -0.15) is 0 Å². The van der Waals surface area contributed by atoms with E-state index in [0.717, 1.165) is 36.5 Å². The summed E-state index contributed by atoms with van der Waals surface area (Å²) in [6.45, 7) is 0.133. The molecule has 2 aromatic rings. The summed E-state index contributed by atoms with van der Waals surface area (Å²) in [5.41, 5.74) is 0.468. The van der Waals surface area contributed by atoms with E-state index in [4.69, 9.17) is 0 Å². The molecule has 0 spiro atoms. The van der Waals surface area contributed by atoms with Crippen LogP contribution >= 0.6 is 0 Å². The fourth-order valence-electron chi connectivity index (χ4n) is 3.15. The third kappa shape index (κ3) is 2.90. The second-order valence-electron chi connectivity index (χ2n) is 5.69. The zero-order valence-electron chi connectivity index (χ0n) is 12.0. The molecule has 1 aromatic carbocycles. The summed E-state index contributed by atoms with van der Waals surface area (Å²) in [4.78, 5) is 16.8. The molecule has 1 saturated carbocycles. The molecular weight excluding hydrogens is 264 g/mol. The average molecular weight is 284 g/mol. The minimum Gasteiger partial charge on any atom is -0.396 e. The maximum Gasteiger partial charge on any atom is 0.270 e. The normalized spacial score (nSPS) is 22.1. The molecule has 4 nitrogen and oxygen atoms in total. The fraction of sp³-hybridized carbons (Fsp3) is 0.412. The molecule has 0 aliphatic heterocycles. The fourth-order valence-corrected chi connectivity index (χ4v) is 3.15. The van der Waals surface area contributed by atoms with Crippen LogP contribution in [-0.2, 0) is 0 Å². The second-order valence-corrected chi connectivity index (χ2v) is 5.69. The third-order valence-corrected chi connectivity index (χ3v) is 4.35. The van der Waals surface area contributed by atoms with Crippen molar-refractivity contribution in [3.8, 4) is 0 Å². The molecule has 0 saturated heterocycles. The number of aromatic nitrogens is 1. The number of benzene rings is 1. The number of pyridine rings is 1. The highest BCUT2D eigenvalue weighted by atomic mass is 16.3. The summed E-state index contributed by atoms with van der Waals surface area (Å²) in [5.74, 6) is 0.0230. The molecule has 2 atom stereocenters. The van der Waals surface area contributed by atoms with Gasteiger partial charge in [-0.1, -0.05) is 37.1 Å². The Labute approximate surface area is 124 Å². The van der Waals surface area contributed by atoms with Gasteiger partial charge in [-0.25, -0.2) is 0 Å². The highest BCUT2D eigenvalue weighted by Crippen LogP contribution is 2.24. The van der Waals surface area contributed by atoms with Crippen molar-refractivity contribution >= 4 is 16.7 Å². The molecule has 1 amide bonds. The number of hydrogen-bond acceptors (Lipinski definition) is 3.